The van der Waals surface area contributed by atoms with E-state index in [4.69, 9.17) is 4.74 Å². The number of esters is 1. The fraction of sp³-hybridized carbons (Fsp3) is 0.462. The van der Waals surface area contributed by atoms with Gasteiger partial charge < -0.3 is 9.84 Å². The second kappa shape index (κ2) is 4.26. The molecule has 0 spiro atoms. The minimum Gasteiger partial charge on any atom is -0.468 e. The molecule has 1 aliphatic rings. The second-order valence-corrected chi connectivity index (χ2v) is 4.34. The van der Waals surface area contributed by atoms with Crippen molar-refractivity contribution >= 4 is 5.97 Å². The molecule has 0 saturated heterocycles. The van der Waals surface area contributed by atoms with Gasteiger partial charge in [0.1, 0.15) is 0 Å². The summed E-state index contributed by atoms with van der Waals surface area (Å²) in [4.78, 5) is 11.9. The van der Waals surface area contributed by atoms with Crippen molar-refractivity contribution in [3.05, 3.63) is 35.9 Å². The molecule has 86 valence electrons. The number of rotatable bonds is 2. The second-order valence-electron chi connectivity index (χ2n) is 4.34. The summed E-state index contributed by atoms with van der Waals surface area (Å²) in [6, 6.07) is 9.58. The lowest BCUT2D eigenvalue weighted by atomic mass is 9.79. The number of hydrogen-bond donors (Lipinski definition) is 1. The van der Waals surface area contributed by atoms with Gasteiger partial charge in [-0.3, -0.25) is 4.79 Å². The Kier molecular flexibility index (Phi) is 2.97. The van der Waals surface area contributed by atoms with Gasteiger partial charge in [0.2, 0.25) is 0 Å². The van der Waals surface area contributed by atoms with Crippen LogP contribution in [0.2, 0.25) is 0 Å². The van der Waals surface area contributed by atoms with Crippen molar-refractivity contribution in [2.75, 3.05) is 7.11 Å². The normalized spacial score (nSPS) is 29.0. The van der Waals surface area contributed by atoms with Crippen molar-refractivity contribution in [3.8, 4) is 0 Å². The molecule has 0 bridgehead atoms. The van der Waals surface area contributed by atoms with Crippen molar-refractivity contribution in [1.29, 1.82) is 0 Å². The lowest BCUT2D eigenvalue weighted by molar-refractivity contribution is -0.147. The van der Waals surface area contributed by atoms with E-state index in [-0.39, 0.29) is 5.97 Å². The third kappa shape index (κ3) is 1.71. The van der Waals surface area contributed by atoms with E-state index in [1.54, 1.807) is 0 Å². The molecule has 0 aromatic heterocycles. The molecule has 1 aromatic rings. The van der Waals surface area contributed by atoms with E-state index in [0.29, 0.717) is 19.3 Å². The summed E-state index contributed by atoms with van der Waals surface area (Å²) in [6.07, 6.45) is 1.37. The van der Waals surface area contributed by atoms with Crippen molar-refractivity contribution in [3.63, 3.8) is 0 Å². The minimum absolute atomic E-state index is 0.241. The Hall–Kier alpha value is -1.35. The van der Waals surface area contributed by atoms with Crippen LogP contribution >= 0.6 is 0 Å². The Morgan fingerprint density at radius 2 is 2.12 bits per heavy atom. The molecule has 3 heteroatoms. The first kappa shape index (κ1) is 11.1. The SMILES string of the molecule is COC(=O)[C@@]1(c2ccccc2)CC[C@@H](O)C1. The molecule has 1 saturated carbocycles. The molecule has 3 nitrogen and oxygen atoms in total. The van der Waals surface area contributed by atoms with Gasteiger partial charge in [0.25, 0.3) is 0 Å². The average molecular weight is 220 g/mol. The number of aliphatic hydroxyl groups is 1. The molecule has 1 N–H and O–H groups in total. The van der Waals surface area contributed by atoms with Crippen molar-refractivity contribution in [2.24, 2.45) is 0 Å². The molecule has 2 rings (SSSR count). The van der Waals surface area contributed by atoms with Gasteiger partial charge in [-0.05, 0) is 24.8 Å². The van der Waals surface area contributed by atoms with Crippen LogP contribution in [0.3, 0.4) is 0 Å². The summed E-state index contributed by atoms with van der Waals surface area (Å²) in [5.74, 6) is -0.241. The number of aliphatic hydroxyl groups excluding tert-OH is 1. The molecule has 2 atom stereocenters. The monoisotopic (exact) mass is 220 g/mol. The van der Waals surface area contributed by atoms with Crippen LogP contribution in [0, 0.1) is 0 Å². The van der Waals surface area contributed by atoms with Crippen LogP contribution in [0.5, 0.6) is 0 Å². The third-order valence-electron chi connectivity index (χ3n) is 3.39. The summed E-state index contributed by atoms with van der Waals surface area (Å²) < 4.78 is 4.89. The molecule has 1 aromatic carbocycles. The summed E-state index contributed by atoms with van der Waals surface area (Å²) in [7, 11) is 1.40. The smallest absolute Gasteiger partial charge is 0.316 e. The fourth-order valence-electron chi connectivity index (χ4n) is 2.54. The zero-order chi connectivity index (χ0) is 11.6. The Balaban J connectivity index is 2.40. The zero-order valence-electron chi connectivity index (χ0n) is 9.35. The van der Waals surface area contributed by atoms with Crippen LogP contribution in [-0.2, 0) is 14.9 Å². The lowest BCUT2D eigenvalue weighted by Crippen LogP contribution is -2.34. The molecule has 16 heavy (non-hydrogen) atoms. The summed E-state index contributed by atoms with van der Waals surface area (Å²) >= 11 is 0. The lowest BCUT2D eigenvalue weighted by Gasteiger charge is -2.26. The number of benzene rings is 1. The van der Waals surface area contributed by atoms with Crippen LogP contribution in [0.4, 0.5) is 0 Å². The number of hydrogen-bond acceptors (Lipinski definition) is 3. The topological polar surface area (TPSA) is 46.5 Å². The molecule has 1 fully saturated rings. The predicted molar refractivity (Wildman–Crippen MR) is 60.0 cm³/mol. The van der Waals surface area contributed by atoms with E-state index in [1.807, 2.05) is 30.3 Å². The predicted octanol–water partition coefficient (Wildman–Crippen LogP) is 1.64. The largest absolute Gasteiger partial charge is 0.468 e. The van der Waals surface area contributed by atoms with Gasteiger partial charge in [0.05, 0.1) is 18.6 Å². The van der Waals surface area contributed by atoms with Gasteiger partial charge in [-0.1, -0.05) is 30.3 Å². The number of carbonyl (C=O) groups excluding carboxylic acids is 1. The molecular weight excluding hydrogens is 204 g/mol. The quantitative estimate of drug-likeness (QED) is 0.771. The van der Waals surface area contributed by atoms with Crippen LogP contribution in [0.25, 0.3) is 0 Å². The van der Waals surface area contributed by atoms with Crippen molar-refractivity contribution < 1.29 is 14.6 Å². The molecule has 1 aliphatic carbocycles. The summed E-state index contributed by atoms with van der Waals surface area (Å²) in [6.45, 7) is 0. The van der Waals surface area contributed by atoms with E-state index in [0.717, 1.165) is 5.56 Å². The average Bonchev–Trinajstić information content (AvgIpc) is 2.73. The minimum atomic E-state index is -0.643. The summed E-state index contributed by atoms with van der Waals surface area (Å²) in [5.41, 5.74) is 0.300. The maximum atomic E-state index is 11.9. The van der Waals surface area contributed by atoms with Crippen LogP contribution < -0.4 is 0 Å². The highest BCUT2D eigenvalue weighted by Gasteiger charge is 2.47. The standard InChI is InChI=1S/C13H16O3/c1-16-12(15)13(8-7-11(14)9-13)10-5-3-2-4-6-10/h2-6,11,14H,7-9H2,1H3/t11-,13+/m1/s1. The fourth-order valence-corrected chi connectivity index (χ4v) is 2.54. The van der Waals surface area contributed by atoms with E-state index < -0.39 is 11.5 Å². The Labute approximate surface area is 95.0 Å². The maximum Gasteiger partial charge on any atom is 0.316 e. The Bertz CT molecular complexity index is 374. The third-order valence-corrected chi connectivity index (χ3v) is 3.39. The molecule has 0 aliphatic heterocycles. The van der Waals surface area contributed by atoms with Crippen molar-refractivity contribution in [2.45, 2.75) is 30.8 Å². The van der Waals surface area contributed by atoms with E-state index in [9.17, 15) is 9.90 Å². The zero-order valence-corrected chi connectivity index (χ0v) is 9.35. The van der Waals surface area contributed by atoms with E-state index >= 15 is 0 Å². The van der Waals surface area contributed by atoms with Crippen LogP contribution in [-0.4, -0.2) is 24.3 Å². The highest BCUT2D eigenvalue weighted by Crippen LogP contribution is 2.42. The van der Waals surface area contributed by atoms with Gasteiger partial charge >= 0.3 is 5.97 Å². The first-order chi connectivity index (χ1) is 7.69. The van der Waals surface area contributed by atoms with Gasteiger partial charge in [0.15, 0.2) is 0 Å². The molecule has 0 radical (unpaired) electrons. The maximum absolute atomic E-state index is 11.9. The number of methoxy groups -OCH3 is 1. The Morgan fingerprint density at radius 1 is 1.44 bits per heavy atom. The van der Waals surface area contributed by atoms with E-state index in [2.05, 4.69) is 0 Å². The molecule has 0 heterocycles. The van der Waals surface area contributed by atoms with E-state index in [1.165, 1.54) is 7.11 Å². The van der Waals surface area contributed by atoms with Gasteiger partial charge in [-0.2, -0.15) is 0 Å². The van der Waals surface area contributed by atoms with Gasteiger partial charge in [-0.25, -0.2) is 0 Å². The molecule has 0 amide bonds. The Morgan fingerprint density at radius 3 is 2.62 bits per heavy atom. The first-order valence-electron chi connectivity index (χ1n) is 5.51. The summed E-state index contributed by atoms with van der Waals surface area (Å²) in [5, 5.41) is 9.66. The number of ether oxygens (including phenoxy) is 1. The highest BCUT2D eigenvalue weighted by atomic mass is 16.5. The number of carbonyl (C=O) groups is 1. The molecule has 0 unspecified atom stereocenters. The van der Waals surface area contributed by atoms with Gasteiger partial charge in [-0.15, -0.1) is 0 Å². The van der Waals surface area contributed by atoms with Crippen LogP contribution in [0.1, 0.15) is 24.8 Å². The first-order valence-corrected chi connectivity index (χ1v) is 5.51. The van der Waals surface area contributed by atoms with Crippen LogP contribution in [0.15, 0.2) is 30.3 Å². The van der Waals surface area contributed by atoms with Crippen molar-refractivity contribution in [1.82, 2.24) is 0 Å². The van der Waals surface area contributed by atoms with Gasteiger partial charge in [0, 0.05) is 0 Å². The molecular formula is C13H16O3. The highest BCUT2D eigenvalue weighted by molar-refractivity contribution is 5.83.